The third kappa shape index (κ3) is 2.09. The molecule has 0 amide bonds. The molecule has 4 heteroatoms. The fourth-order valence-electron chi connectivity index (χ4n) is 2.75. The highest BCUT2D eigenvalue weighted by Gasteiger charge is 2.29. The lowest BCUT2D eigenvalue weighted by atomic mass is 10.0. The van der Waals surface area contributed by atoms with E-state index in [1.165, 1.54) is 35.9 Å². The molecule has 2 aromatic rings. The van der Waals surface area contributed by atoms with Crippen LogP contribution in [0.2, 0.25) is 0 Å². The molecule has 0 aromatic carbocycles. The Kier molecular flexibility index (Phi) is 2.98. The Morgan fingerprint density at radius 1 is 1.33 bits per heavy atom. The maximum atomic E-state index is 4.45. The predicted octanol–water partition coefficient (Wildman–Crippen LogP) is 4.00. The Morgan fingerprint density at radius 2 is 2.11 bits per heavy atom. The highest BCUT2D eigenvalue weighted by atomic mass is 32.1. The summed E-state index contributed by atoms with van der Waals surface area (Å²) in [6.45, 7) is 4.49. The van der Waals surface area contributed by atoms with Gasteiger partial charge in [-0.05, 0) is 32.3 Å². The smallest absolute Gasteiger partial charge is 0.138 e. The van der Waals surface area contributed by atoms with Crippen LogP contribution < -0.4 is 5.32 Å². The zero-order valence-electron chi connectivity index (χ0n) is 11.0. The van der Waals surface area contributed by atoms with E-state index in [0.29, 0.717) is 0 Å². The molecule has 0 saturated heterocycles. The van der Waals surface area contributed by atoms with E-state index < -0.39 is 0 Å². The number of nitrogens with zero attached hydrogens (tertiary/aromatic N) is 2. The SMILES string of the molecule is CCc1cc2c(NC3(C)CCCC3)ncnc2s1. The Labute approximate surface area is 112 Å². The molecule has 1 aliphatic carbocycles. The average Bonchev–Trinajstić information content (AvgIpc) is 2.96. The molecule has 1 aliphatic rings. The summed E-state index contributed by atoms with van der Waals surface area (Å²) in [6.07, 6.45) is 7.87. The van der Waals surface area contributed by atoms with Gasteiger partial charge in [0.25, 0.3) is 0 Å². The summed E-state index contributed by atoms with van der Waals surface area (Å²) in [5, 5.41) is 4.84. The van der Waals surface area contributed by atoms with Crippen LogP contribution in [-0.4, -0.2) is 15.5 Å². The Morgan fingerprint density at radius 3 is 2.83 bits per heavy atom. The second kappa shape index (κ2) is 4.50. The Hall–Kier alpha value is -1.16. The summed E-state index contributed by atoms with van der Waals surface area (Å²) in [6, 6.07) is 2.24. The average molecular weight is 261 g/mol. The van der Waals surface area contributed by atoms with E-state index in [-0.39, 0.29) is 5.54 Å². The van der Waals surface area contributed by atoms with Crippen LogP contribution in [0.5, 0.6) is 0 Å². The minimum Gasteiger partial charge on any atom is -0.364 e. The number of nitrogens with one attached hydrogen (secondary N) is 1. The molecule has 0 atom stereocenters. The minimum atomic E-state index is 0.218. The van der Waals surface area contributed by atoms with Gasteiger partial charge in [0.15, 0.2) is 0 Å². The zero-order valence-corrected chi connectivity index (χ0v) is 11.8. The van der Waals surface area contributed by atoms with E-state index in [1.54, 1.807) is 17.7 Å². The van der Waals surface area contributed by atoms with Crippen LogP contribution in [0.3, 0.4) is 0 Å². The van der Waals surface area contributed by atoms with Crippen molar-refractivity contribution in [2.75, 3.05) is 5.32 Å². The van der Waals surface area contributed by atoms with Crippen LogP contribution in [-0.2, 0) is 6.42 Å². The van der Waals surface area contributed by atoms with Crippen LogP contribution in [0.25, 0.3) is 10.2 Å². The second-order valence-electron chi connectivity index (χ2n) is 5.40. The fourth-order valence-corrected chi connectivity index (χ4v) is 3.68. The van der Waals surface area contributed by atoms with Crippen LogP contribution in [0, 0.1) is 0 Å². The van der Waals surface area contributed by atoms with Gasteiger partial charge in [-0.25, -0.2) is 9.97 Å². The standard InChI is InChI=1S/C14H19N3S/c1-3-10-8-11-12(15-9-16-13(11)18-10)17-14(2)6-4-5-7-14/h8-9H,3-7H2,1-2H3,(H,15,16,17). The van der Waals surface area contributed by atoms with Crippen molar-refractivity contribution in [2.45, 2.75) is 51.5 Å². The molecule has 2 aromatic heterocycles. The fraction of sp³-hybridized carbons (Fsp3) is 0.571. The van der Waals surface area contributed by atoms with E-state index in [1.807, 2.05) is 0 Å². The summed E-state index contributed by atoms with van der Waals surface area (Å²) in [5.41, 5.74) is 0.218. The number of hydrogen-bond acceptors (Lipinski definition) is 4. The first-order chi connectivity index (χ1) is 8.70. The molecule has 3 rings (SSSR count). The molecule has 1 fully saturated rings. The van der Waals surface area contributed by atoms with Crippen molar-refractivity contribution >= 4 is 27.4 Å². The van der Waals surface area contributed by atoms with Crippen LogP contribution in [0.15, 0.2) is 12.4 Å². The highest BCUT2D eigenvalue weighted by Crippen LogP contribution is 2.35. The number of fused-ring (bicyclic) bond motifs is 1. The molecule has 96 valence electrons. The van der Waals surface area contributed by atoms with Crippen molar-refractivity contribution in [3.63, 3.8) is 0 Å². The van der Waals surface area contributed by atoms with Crippen LogP contribution >= 0.6 is 11.3 Å². The highest BCUT2D eigenvalue weighted by molar-refractivity contribution is 7.18. The Balaban J connectivity index is 1.98. The van der Waals surface area contributed by atoms with Crippen molar-refractivity contribution in [1.29, 1.82) is 0 Å². The third-order valence-electron chi connectivity index (χ3n) is 3.86. The van der Waals surface area contributed by atoms with Gasteiger partial charge in [-0.1, -0.05) is 19.8 Å². The van der Waals surface area contributed by atoms with Gasteiger partial charge < -0.3 is 5.32 Å². The molecule has 18 heavy (non-hydrogen) atoms. The quantitative estimate of drug-likeness (QED) is 0.907. The first-order valence-corrected chi connectivity index (χ1v) is 7.53. The molecular formula is C14H19N3S. The van der Waals surface area contributed by atoms with E-state index in [0.717, 1.165) is 17.1 Å². The topological polar surface area (TPSA) is 37.8 Å². The Bertz CT molecular complexity index is 555. The monoisotopic (exact) mass is 261 g/mol. The normalized spacial score (nSPS) is 18.3. The van der Waals surface area contributed by atoms with E-state index >= 15 is 0 Å². The van der Waals surface area contributed by atoms with Gasteiger partial charge in [0, 0.05) is 10.4 Å². The van der Waals surface area contributed by atoms with Gasteiger partial charge >= 0.3 is 0 Å². The maximum Gasteiger partial charge on any atom is 0.138 e. The third-order valence-corrected chi connectivity index (χ3v) is 5.04. The molecule has 1 saturated carbocycles. The van der Waals surface area contributed by atoms with Gasteiger partial charge in [0.2, 0.25) is 0 Å². The lowest BCUT2D eigenvalue weighted by molar-refractivity contribution is 0.531. The van der Waals surface area contributed by atoms with Gasteiger partial charge in [0.1, 0.15) is 17.0 Å². The largest absolute Gasteiger partial charge is 0.364 e. The van der Waals surface area contributed by atoms with Crippen LogP contribution in [0.4, 0.5) is 5.82 Å². The number of aryl methyl sites for hydroxylation is 1. The van der Waals surface area contributed by atoms with Crippen molar-refractivity contribution < 1.29 is 0 Å². The summed E-state index contributed by atoms with van der Waals surface area (Å²) < 4.78 is 0. The summed E-state index contributed by atoms with van der Waals surface area (Å²) in [5.74, 6) is 1.01. The number of thiophene rings is 1. The summed E-state index contributed by atoms with van der Waals surface area (Å²) in [7, 11) is 0. The van der Waals surface area contributed by atoms with Crippen LogP contribution in [0.1, 0.15) is 44.4 Å². The van der Waals surface area contributed by atoms with E-state index in [9.17, 15) is 0 Å². The van der Waals surface area contributed by atoms with Crippen molar-refractivity contribution in [3.8, 4) is 0 Å². The molecule has 0 unspecified atom stereocenters. The minimum absolute atomic E-state index is 0.218. The first kappa shape index (κ1) is 11.9. The molecule has 0 radical (unpaired) electrons. The van der Waals surface area contributed by atoms with Gasteiger partial charge in [0.05, 0.1) is 5.39 Å². The second-order valence-corrected chi connectivity index (χ2v) is 6.52. The van der Waals surface area contributed by atoms with Gasteiger partial charge in [-0.2, -0.15) is 0 Å². The van der Waals surface area contributed by atoms with E-state index in [2.05, 4.69) is 35.2 Å². The molecule has 0 aliphatic heterocycles. The van der Waals surface area contributed by atoms with Crippen molar-refractivity contribution in [3.05, 3.63) is 17.3 Å². The van der Waals surface area contributed by atoms with Gasteiger partial charge in [-0.3, -0.25) is 0 Å². The molecule has 0 spiro atoms. The molecular weight excluding hydrogens is 242 g/mol. The molecule has 1 N–H and O–H groups in total. The van der Waals surface area contributed by atoms with Crippen molar-refractivity contribution in [2.24, 2.45) is 0 Å². The maximum absolute atomic E-state index is 4.45. The molecule has 3 nitrogen and oxygen atoms in total. The predicted molar refractivity (Wildman–Crippen MR) is 77.3 cm³/mol. The number of hydrogen-bond donors (Lipinski definition) is 1. The van der Waals surface area contributed by atoms with Crippen molar-refractivity contribution in [1.82, 2.24) is 9.97 Å². The first-order valence-electron chi connectivity index (χ1n) is 6.72. The lowest BCUT2D eigenvalue weighted by Crippen LogP contribution is -2.31. The summed E-state index contributed by atoms with van der Waals surface area (Å²) >= 11 is 1.78. The number of anilines is 1. The molecule has 0 bridgehead atoms. The zero-order chi connectivity index (χ0) is 12.6. The number of rotatable bonds is 3. The number of aromatic nitrogens is 2. The molecule has 2 heterocycles. The van der Waals surface area contributed by atoms with E-state index in [4.69, 9.17) is 0 Å². The summed E-state index contributed by atoms with van der Waals surface area (Å²) in [4.78, 5) is 11.3. The lowest BCUT2D eigenvalue weighted by Gasteiger charge is -2.26. The van der Waals surface area contributed by atoms with Gasteiger partial charge in [-0.15, -0.1) is 11.3 Å².